The Labute approximate surface area is 104 Å². The topological polar surface area (TPSA) is 93.9 Å². The lowest BCUT2D eigenvalue weighted by molar-refractivity contribution is 0.204. The Balaban J connectivity index is 2.51. The predicted molar refractivity (Wildman–Crippen MR) is 69.6 cm³/mol. The molecule has 18 heavy (non-hydrogen) atoms. The maximum atomic E-state index is 11.8. The van der Waals surface area contributed by atoms with E-state index in [1.165, 1.54) is 6.20 Å². The van der Waals surface area contributed by atoms with E-state index in [0.29, 0.717) is 10.9 Å². The van der Waals surface area contributed by atoms with Crippen LogP contribution in [0.5, 0.6) is 5.88 Å². The smallest absolute Gasteiger partial charge is 0.262 e. The number of pyridine rings is 1. The zero-order valence-electron chi connectivity index (χ0n) is 10.4. The van der Waals surface area contributed by atoms with Crippen LogP contribution in [0.25, 0.3) is 10.9 Å². The fourth-order valence-electron chi connectivity index (χ4n) is 1.82. The molecule has 6 nitrogen and oxygen atoms in total. The number of H-pyrrole nitrogens is 1. The first-order chi connectivity index (χ1) is 8.61. The highest BCUT2D eigenvalue weighted by molar-refractivity contribution is 5.83. The monoisotopic (exact) mass is 248 g/mol. The molecular formula is C12H16N4O2. The number of rotatable bonds is 4. The van der Waals surface area contributed by atoms with E-state index in [4.69, 9.17) is 10.5 Å². The first-order valence-electron chi connectivity index (χ1n) is 5.93. The molecule has 0 radical (unpaired) electrons. The van der Waals surface area contributed by atoms with Gasteiger partial charge in [-0.25, -0.2) is 4.98 Å². The van der Waals surface area contributed by atoms with Crippen molar-refractivity contribution in [1.82, 2.24) is 15.0 Å². The van der Waals surface area contributed by atoms with Gasteiger partial charge in [0.05, 0.1) is 11.6 Å². The third-order valence-corrected chi connectivity index (χ3v) is 2.61. The molecule has 2 aromatic heterocycles. The minimum atomic E-state index is -0.272. The number of aromatic nitrogens is 3. The predicted octanol–water partition coefficient (Wildman–Crippen LogP) is 1.47. The second kappa shape index (κ2) is 5.03. The summed E-state index contributed by atoms with van der Waals surface area (Å²) in [5, 5.41) is 0.342. The van der Waals surface area contributed by atoms with Gasteiger partial charge in [-0.1, -0.05) is 13.3 Å². The van der Waals surface area contributed by atoms with E-state index in [2.05, 4.69) is 21.9 Å². The van der Waals surface area contributed by atoms with Gasteiger partial charge in [-0.2, -0.15) is 4.98 Å². The van der Waals surface area contributed by atoms with Gasteiger partial charge in [-0.15, -0.1) is 0 Å². The van der Waals surface area contributed by atoms with Gasteiger partial charge < -0.3 is 15.5 Å². The van der Waals surface area contributed by atoms with Gasteiger partial charge in [0.15, 0.2) is 0 Å². The van der Waals surface area contributed by atoms with E-state index in [1.54, 1.807) is 6.07 Å². The van der Waals surface area contributed by atoms with Gasteiger partial charge in [-0.05, 0) is 19.4 Å². The number of hydrogen-bond acceptors (Lipinski definition) is 5. The molecule has 2 heterocycles. The number of nitrogens with one attached hydrogen (secondary N) is 1. The Morgan fingerprint density at radius 3 is 3.00 bits per heavy atom. The number of nitrogen functional groups attached to an aromatic ring is 1. The van der Waals surface area contributed by atoms with Gasteiger partial charge >= 0.3 is 0 Å². The van der Waals surface area contributed by atoms with E-state index in [1.807, 2.05) is 6.92 Å². The minimum Gasteiger partial charge on any atom is -0.474 e. The number of aromatic amines is 1. The number of hydrogen-bond donors (Lipinski definition) is 2. The summed E-state index contributed by atoms with van der Waals surface area (Å²) in [4.78, 5) is 22.4. The summed E-state index contributed by atoms with van der Waals surface area (Å²) in [6.45, 7) is 4.00. The Morgan fingerprint density at radius 2 is 2.28 bits per heavy atom. The molecule has 0 aromatic carbocycles. The van der Waals surface area contributed by atoms with E-state index in [-0.39, 0.29) is 23.5 Å². The number of nitrogens with zero attached hydrogens (tertiary/aromatic N) is 2. The summed E-state index contributed by atoms with van der Waals surface area (Å²) >= 11 is 0. The van der Waals surface area contributed by atoms with Crippen molar-refractivity contribution in [3.63, 3.8) is 0 Å². The normalized spacial score (nSPS) is 12.6. The van der Waals surface area contributed by atoms with Crippen LogP contribution in [0, 0.1) is 0 Å². The second-order valence-corrected chi connectivity index (χ2v) is 4.17. The largest absolute Gasteiger partial charge is 0.474 e. The van der Waals surface area contributed by atoms with Crippen LogP contribution in [0.1, 0.15) is 26.7 Å². The molecular weight excluding hydrogens is 232 g/mol. The molecule has 0 saturated heterocycles. The molecule has 6 heteroatoms. The van der Waals surface area contributed by atoms with Gasteiger partial charge in [0.2, 0.25) is 11.8 Å². The molecule has 0 aliphatic carbocycles. The molecule has 1 atom stereocenters. The lowest BCUT2D eigenvalue weighted by atomic mass is 10.2. The van der Waals surface area contributed by atoms with Gasteiger partial charge in [0.1, 0.15) is 5.39 Å². The molecule has 0 fully saturated rings. The van der Waals surface area contributed by atoms with Crippen LogP contribution >= 0.6 is 0 Å². The first kappa shape index (κ1) is 12.3. The highest BCUT2D eigenvalue weighted by Crippen LogP contribution is 2.21. The first-order valence-corrected chi connectivity index (χ1v) is 5.93. The second-order valence-electron chi connectivity index (χ2n) is 4.17. The summed E-state index contributed by atoms with van der Waals surface area (Å²) < 4.78 is 5.68. The summed E-state index contributed by atoms with van der Waals surface area (Å²) in [5.74, 6) is 0.354. The molecule has 96 valence electrons. The third-order valence-electron chi connectivity index (χ3n) is 2.61. The van der Waals surface area contributed by atoms with Crippen LogP contribution in [-0.2, 0) is 0 Å². The molecule has 0 aliphatic rings. The lowest BCUT2D eigenvalue weighted by Crippen LogP contribution is -2.16. The molecule has 1 unspecified atom stereocenters. The quantitative estimate of drug-likeness (QED) is 0.854. The molecule has 2 aromatic rings. The summed E-state index contributed by atoms with van der Waals surface area (Å²) in [6, 6.07) is 1.67. The van der Waals surface area contributed by atoms with Crippen LogP contribution in [0.15, 0.2) is 17.1 Å². The lowest BCUT2D eigenvalue weighted by Gasteiger charge is -2.14. The number of anilines is 1. The van der Waals surface area contributed by atoms with E-state index >= 15 is 0 Å². The number of nitrogens with two attached hydrogens (primary N) is 1. The van der Waals surface area contributed by atoms with Crippen molar-refractivity contribution in [3.8, 4) is 5.88 Å². The molecule has 0 bridgehead atoms. The van der Waals surface area contributed by atoms with Crippen LogP contribution in [0.2, 0.25) is 0 Å². The third kappa shape index (κ3) is 2.42. The molecule has 0 spiro atoms. The van der Waals surface area contributed by atoms with Crippen LogP contribution in [-0.4, -0.2) is 21.1 Å². The van der Waals surface area contributed by atoms with Crippen molar-refractivity contribution < 1.29 is 4.74 Å². The fraction of sp³-hybridized carbons (Fsp3) is 0.417. The Morgan fingerprint density at radius 1 is 1.50 bits per heavy atom. The summed E-state index contributed by atoms with van der Waals surface area (Å²) in [5.41, 5.74) is 5.83. The summed E-state index contributed by atoms with van der Waals surface area (Å²) in [6.07, 6.45) is 3.38. The van der Waals surface area contributed by atoms with Crippen molar-refractivity contribution in [2.24, 2.45) is 0 Å². The van der Waals surface area contributed by atoms with Gasteiger partial charge in [0, 0.05) is 6.20 Å². The van der Waals surface area contributed by atoms with Gasteiger partial charge in [-0.3, -0.25) is 4.79 Å². The Kier molecular flexibility index (Phi) is 3.45. The number of ether oxygens (including phenoxy) is 1. The van der Waals surface area contributed by atoms with Crippen LogP contribution < -0.4 is 16.0 Å². The molecule has 2 rings (SSSR count). The zero-order chi connectivity index (χ0) is 13.1. The van der Waals surface area contributed by atoms with Crippen LogP contribution in [0.4, 0.5) is 5.95 Å². The maximum absolute atomic E-state index is 11.8. The average molecular weight is 248 g/mol. The SMILES string of the molecule is CCCC(C)Oc1nc(N)nc2cc[nH]c(=O)c12. The molecule has 0 aliphatic heterocycles. The standard InChI is InChI=1S/C12H16N4O2/c1-3-4-7(2)18-11-9-8(15-12(13)16-11)5-6-14-10(9)17/h5-7H,3-4H2,1-2H3,(H,14,17)(H2,13,15,16). The van der Waals surface area contributed by atoms with Crippen molar-refractivity contribution in [2.75, 3.05) is 5.73 Å². The van der Waals surface area contributed by atoms with E-state index in [9.17, 15) is 4.79 Å². The van der Waals surface area contributed by atoms with Crippen molar-refractivity contribution in [3.05, 3.63) is 22.6 Å². The molecule has 0 saturated carbocycles. The summed E-state index contributed by atoms with van der Waals surface area (Å²) in [7, 11) is 0. The highest BCUT2D eigenvalue weighted by Gasteiger charge is 2.13. The van der Waals surface area contributed by atoms with E-state index < -0.39 is 0 Å². The average Bonchev–Trinajstić information content (AvgIpc) is 2.28. The highest BCUT2D eigenvalue weighted by atomic mass is 16.5. The van der Waals surface area contributed by atoms with Crippen molar-refractivity contribution in [2.45, 2.75) is 32.8 Å². The van der Waals surface area contributed by atoms with E-state index in [0.717, 1.165) is 12.8 Å². The fourth-order valence-corrected chi connectivity index (χ4v) is 1.82. The number of fused-ring (bicyclic) bond motifs is 1. The Hall–Kier alpha value is -2.11. The molecule has 0 amide bonds. The Bertz CT molecular complexity index is 609. The van der Waals surface area contributed by atoms with Gasteiger partial charge in [0.25, 0.3) is 5.56 Å². The van der Waals surface area contributed by atoms with Crippen molar-refractivity contribution in [1.29, 1.82) is 0 Å². The maximum Gasteiger partial charge on any atom is 0.262 e. The molecule has 3 N–H and O–H groups in total. The van der Waals surface area contributed by atoms with Crippen LogP contribution in [0.3, 0.4) is 0 Å². The minimum absolute atomic E-state index is 0.0212. The zero-order valence-corrected chi connectivity index (χ0v) is 10.4. The van der Waals surface area contributed by atoms with Crippen molar-refractivity contribution >= 4 is 16.9 Å².